The van der Waals surface area contributed by atoms with E-state index in [0.29, 0.717) is 19.5 Å². The molecule has 0 radical (unpaired) electrons. The number of aliphatic hydroxyl groups excluding tert-OH is 2. The minimum atomic E-state index is -0.760. The molecule has 5 heteroatoms. The Morgan fingerprint density at radius 2 is 2.06 bits per heavy atom. The standard InChI is InChI=1S/C13H26N2O3/c1-3-5-7-15-9-11(16)13(18)10(15)8-14-12(17)6-4-2/h10-11,13,16,18H,3-9H2,1-2H3,(H,14,17). The lowest BCUT2D eigenvalue weighted by molar-refractivity contribution is -0.121. The predicted molar refractivity (Wildman–Crippen MR) is 70.2 cm³/mol. The lowest BCUT2D eigenvalue weighted by Crippen LogP contribution is -2.45. The molecule has 106 valence electrons. The molecule has 3 atom stereocenters. The highest BCUT2D eigenvalue weighted by Crippen LogP contribution is 2.18. The third-order valence-corrected chi connectivity index (χ3v) is 3.46. The van der Waals surface area contributed by atoms with Gasteiger partial charge in [0, 0.05) is 19.5 Å². The van der Waals surface area contributed by atoms with Gasteiger partial charge in [0.2, 0.25) is 5.91 Å². The molecule has 1 aliphatic heterocycles. The summed E-state index contributed by atoms with van der Waals surface area (Å²) >= 11 is 0. The monoisotopic (exact) mass is 258 g/mol. The van der Waals surface area contributed by atoms with Crippen LogP contribution < -0.4 is 5.32 Å². The van der Waals surface area contributed by atoms with E-state index in [2.05, 4.69) is 17.1 Å². The van der Waals surface area contributed by atoms with Crippen molar-refractivity contribution in [3.8, 4) is 0 Å². The van der Waals surface area contributed by atoms with Crippen molar-refractivity contribution in [3.05, 3.63) is 0 Å². The van der Waals surface area contributed by atoms with Crippen LogP contribution in [0, 0.1) is 0 Å². The van der Waals surface area contributed by atoms with Gasteiger partial charge in [-0.2, -0.15) is 0 Å². The summed E-state index contributed by atoms with van der Waals surface area (Å²) in [4.78, 5) is 13.5. The first-order valence-electron chi connectivity index (χ1n) is 6.97. The highest BCUT2D eigenvalue weighted by atomic mass is 16.3. The van der Waals surface area contributed by atoms with Crippen molar-refractivity contribution in [2.75, 3.05) is 19.6 Å². The quantitative estimate of drug-likeness (QED) is 0.606. The van der Waals surface area contributed by atoms with Gasteiger partial charge in [-0.3, -0.25) is 9.69 Å². The molecular weight excluding hydrogens is 232 g/mol. The molecule has 1 amide bonds. The molecular formula is C13H26N2O3. The van der Waals surface area contributed by atoms with Gasteiger partial charge in [0.15, 0.2) is 0 Å². The Balaban J connectivity index is 2.45. The van der Waals surface area contributed by atoms with Gasteiger partial charge in [0.1, 0.15) is 0 Å². The molecule has 5 nitrogen and oxygen atoms in total. The Hall–Kier alpha value is -0.650. The summed E-state index contributed by atoms with van der Waals surface area (Å²) in [6.07, 6.45) is 2.00. The van der Waals surface area contributed by atoms with E-state index in [-0.39, 0.29) is 11.9 Å². The third kappa shape index (κ3) is 4.23. The number of rotatable bonds is 7. The van der Waals surface area contributed by atoms with Crippen LogP contribution in [0.5, 0.6) is 0 Å². The largest absolute Gasteiger partial charge is 0.389 e. The number of hydrogen-bond acceptors (Lipinski definition) is 4. The van der Waals surface area contributed by atoms with Gasteiger partial charge >= 0.3 is 0 Å². The van der Waals surface area contributed by atoms with Crippen LogP contribution in [0.2, 0.25) is 0 Å². The van der Waals surface area contributed by atoms with Crippen molar-refractivity contribution in [1.29, 1.82) is 0 Å². The van der Waals surface area contributed by atoms with Crippen molar-refractivity contribution >= 4 is 5.91 Å². The smallest absolute Gasteiger partial charge is 0.220 e. The van der Waals surface area contributed by atoms with Gasteiger partial charge in [-0.25, -0.2) is 0 Å². The molecule has 0 spiro atoms. The van der Waals surface area contributed by atoms with E-state index in [4.69, 9.17) is 0 Å². The van der Waals surface area contributed by atoms with Crippen LogP contribution in [0.3, 0.4) is 0 Å². The highest BCUT2D eigenvalue weighted by Gasteiger charge is 2.39. The number of carbonyl (C=O) groups is 1. The fourth-order valence-corrected chi connectivity index (χ4v) is 2.36. The second-order valence-corrected chi connectivity index (χ2v) is 5.03. The zero-order valence-corrected chi connectivity index (χ0v) is 11.4. The summed E-state index contributed by atoms with van der Waals surface area (Å²) in [6, 6.07) is -0.160. The molecule has 1 rings (SSSR count). The van der Waals surface area contributed by atoms with Crippen LogP contribution in [0.15, 0.2) is 0 Å². The molecule has 0 aromatic carbocycles. The minimum Gasteiger partial charge on any atom is -0.389 e. The zero-order valence-electron chi connectivity index (χ0n) is 11.4. The summed E-state index contributed by atoms with van der Waals surface area (Å²) in [5.74, 6) is 0.0153. The molecule has 3 unspecified atom stereocenters. The van der Waals surface area contributed by atoms with Crippen LogP contribution in [-0.2, 0) is 4.79 Å². The predicted octanol–water partition coefficient (Wildman–Crippen LogP) is 0.109. The van der Waals surface area contributed by atoms with E-state index in [1.54, 1.807) is 0 Å². The average molecular weight is 258 g/mol. The van der Waals surface area contributed by atoms with E-state index in [1.165, 1.54) is 0 Å². The van der Waals surface area contributed by atoms with Crippen molar-refractivity contribution < 1.29 is 15.0 Å². The second kappa shape index (κ2) is 7.71. The molecule has 1 fully saturated rings. The average Bonchev–Trinajstić information content (AvgIpc) is 2.61. The van der Waals surface area contributed by atoms with Crippen LogP contribution in [0.25, 0.3) is 0 Å². The molecule has 1 heterocycles. The van der Waals surface area contributed by atoms with E-state index >= 15 is 0 Å². The number of unbranched alkanes of at least 4 members (excludes halogenated alkanes) is 1. The van der Waals surface area contributed by atoms with Gasteiger partial charge in [-0.1, -0.05) is 20.3 Å². The van der Waals surface area contributed by atoms with Crippen LogP contribution in [0.1, 0.15) is 39.5 Å². The van der Waals surface area contributed by atoms with Gasteiger partial charge in [-0.15, -0.1) is 0 Å². The van der Waals surface area contributed by atoms with Crippen molar-refractivity contribution in [3.63, 3.8) is 0 Å². The summed E-state index contributed by atoms with van der Waals surface area (Å²) in [5.41, 5.74) is 0. The number of nitrogens with zero attached hydrogens (tertiary/aromatic N) is 1. The fourth-order valence-electron chi connectivity index (χ4n) is 2.36. The molecule has 3 N–H and O–H groups in total. The Bertz CT molecular complexity index is 261. The number of β-amino-alcohol motifs (C(OH)–C–C–N with tert-alkyl or cyclic N) is 1. The third-order valence-electron chi connectivity index (χ3n) is 3.46. The molecule has 0 bridgehead atoms. The van der Waals surface area contributed by atoms with Crippen LogP contribution in [-0.4, -0.2) is 58.9 Å². The van der Waals surface area contributed by atoms with E-state index < -0.39 is 12.2 Å². The number of aliphatic hydroxyl groups is 2. The van der Waals surface area contributed by atoms with E-state index in [1.807, 2.05) is 6.92 Å². The lowest BCUT2D eigenvalue weighted by Gasteiger charge is -2.25. The first kappa shape index (κ1) is 15.4. The Kier molecular flexibility index (Phi) is 6.60. The molecule has 0 aliphatic carbocycles. The SMILES string of the molecule is CCCCN1CC(O)C(O)C1CNC(=O)CCC. The molecule has 1 saturated heterocycles. The molecule has 18 heavy (non-hydrogen) atoms. The maximum atomic E-state index is 11.4. The van der Waals surface area contributed by atoms with E-state index in [9.17, 15) is 15.0 Å². The number of amides is 1. The van der Waals surface area contributed by atoms with Crippen molar-refractivity contribution in [1.82, 2.24) is 10.2 Å². The van der Waals surface area contributed by atoms with Gasteiger partial charge in [-0.05, 0) is 19.4 Å². The number of carbonyl (C=O) groups excluding carboxylic acids is 1. The Morgan fingerprint density at radius 3 is 2.67 bits per heavy atom. The van der Waals surface area contributed by atoms with Crippen LogP contribution in [0.4, 0.5) is 0 Å². The highest BCUT2D eigenvalue weighted by molar-refractivity contribution is 5.75. The Morgan fingerprint density at radius 1 is 1.33 bits per heavy atom. The molecule has 1 aliphatic rings. The number of likely N-dealkylation sites (tertiary alicyclic amines) is 1. The summed E-state index contributed by atoms with van der Waals surface area (Å²) in [7, 11) is 0. The Labute approximate surface area is 109 Å². The molecule has 0 saturated carbocycles. The molecule has 0 aromatic heterocycles. The topological polar surface area (TPSA) is 72.8 Å². The number of hydrogen-bond donors (Lipinski definition) is 3. The maximum absolute atomic E-state index is 11.4. The maximum Gasteiger partial charge on any atom is 0.220 e. The molecule has 0 aromatic rings. The van der Waals surface area contributed by atoms with Crippen molar-refractivity contribution in [2.45, 2.75) is 57.8 Å². The van der Waals surface area contributed by atoms with Gasteiger partial charge in [0.05, 0.1) is 18.2 Å². The van der Waals surface area contributed by atoms with Gasteiger partial charge in [0.25, 0.3) is 0 Å². The van der Waals surface area contributed by atoms with E-state index in [0.717, 1.165) is 25.8 Å². The first-order valence-corrected chi connectivity index (χ1v) is 6.97. The lowest BCUT2D eigenvalue weighted by atomic mass is 10.1. The first-order chi connectivity index (χ1) is 8.60. The summed E-state index contributed by atoms with van der Waals surface area (Å²) in [6.45, 7) is 5.84. The summed E-state index contributed by atoms with van der Waals surface area (Å²) in [5, 5.41) is 22.5. The van der Waals surface area contributed by atoms with Crippen LogP contribution >= 0.6 is 0 Å². The minimum absolute atomic E-state index is 0.0153. The van der Waals surface area contributed by atoms with Gasteiger partial charge < -0.3 is 15.5 Å². The number of nitrogens with one attached hydrogen (secondary N) is 1. The summed E-state index contributed by atoms with van der Waals surface area (Å²) < 4.78 is 0. The zero-order chi connectivity index (χ0) is 13.5. The second-order valence-electron chi connectivity index (χ2n) is 5.03. The fraction of sp³-hybridized carbons (Fsp3) is 0.923. The van der Waals surface area contributed by atoms with Crippen molar-refractivity contribution in [2.24, 2.45) is 0 Å². The normalized spacial score (nSPS) is 28.6.